The Morgan fingerprint density at radius 3 is 1.15 bits per heavy atom. The maximum absolute atomic E-state index is 13.8. The van der Waals surface area contributed by atoms with Gasteiger partial charge in [0.25, 0.3) is 0 Å². The van der Waals surface area contributed by atoms with E-state index in [9.17, 15) is 48.3 Å². The molecule has 1 aromatic rings. The summed E-state index contributed by atoms with van der Waals surface area (Å²) >= 11 is 0. The van der Waals surface area contributed by atoms with Crippen LogP contribution in [0.25, 0.3) is 0 Å². The van der Waals surface area contributed by atoms with Crippen LogP contribution in [-0.4, -0.2) is 23.9 Å². The van der Waals surface area contributed by atoms with Crippen LogP contribution in [0, 0.1) is 0 Å². The van der Waals surface area contributed by atoms with Crippen LogP contribution in [0.15, 0.2) is 24.3 Å². The molecule has 0 atom stereocenters. The van der Waals surface area contributed by atoms with Gasteiger partial charge >= 0.3 is 29.9 Å². The fourth-order valence-corrected chi connectivity index (χ4v) is 1.93. The second kappa shape index (κ2) is 5.98. The Morgan fingerprint density at radius 1 is 0.500 bits per heavy atom. The minimum Gasteiger partial charge on any atom is -0.194 e. The SMILES string of the molecule is CC(C)(C)c1ccc(C(F)(F)C(F)(F)C(F)(F)C(F)(F)C(F)(F)F)cc1. The lowest BCUT2D eigenvalue weighted by Gasteiger charge is -2.37. The van der Waals surface area contributed by atoms with Crippen molar-refractivity contribution < 1.29 is 48.3 Å². The number of hydrogen-bond acceptors (Lipinski definition) is 0. The molecule has 1 aromatic carbocycles. The van der Waals surface area contributed by atoms with E-state index >= 15 is 0 Å². The highest BCUT2D eigenvalue weighted by molar-refractivity contribution is 5.32. The minimum atomic E-state index is -7.40. The van der Waals surface area contributed by atoms with Gasteiger partial charge in [-0.05, 0) is 11.0 Å². The van der Waals surface area contributed by atoms with Crippen LogP contribution in [0.2, 0.25) is 0 Å². The minimum absolute atomic E-state index is 0.274. The first-order valence-electron chi connectivity index (χ1n) is 6.90. The first-order chi connectivity index (χ1) is 11.2. The maximum Gasteiger partial charge on any atom is 0.460 e. The molecule has 0 bridgehead atoms. The zero-order valence-electron chi connectivity index (χ0n) is 13.5. The van der Waals surface area contributed by atoms with Crippen molar-refractivity contribution in [1.29, 1.82) is 0 Å². The summed E-state index contributed by atoms with van der Waals surface area (Å²) in [6.07, 6.45) is -7.16. The molecule has 11 heteroatoms. The van der Waals surface area contributed by atoms with Crippen molar-refractivity contribution in [3.63, 3.8) is 0 Å². The van der Waals surface area contributed by atoms with Crippen molar-refractivity contribution in [2.45, 2.75) is 56.1 Å². The molecule has 0 fully saturated rings. The van der Waals surface area contributed by atoms with Gasteiger partial charge in [-0.15, -0.1) is 0 Å². The third-order valence-corrected chi connectivity index (χ3v) is 3.65. The topological polar surface area (TPSA) is 0 Å². The third kappa shape index (κ3) is 3.24. The number of benzene rings is 1. The highest BCUT2D eigenvalue weighted by atomic mass is 19.4. The summed E-state index contributed by atoms with van der Waals surface area (Å²) in [5.74, 6) is -27.8. The summed E-state index contributed by atoms with van der Waals surface area (Å²) in [6, 6.07) is 2.27. The fourth-order valence-electron chi connectivity index (χ4n) is 1.93. The zero-order valence-corrected chi connectivity index (χ0v) is 13.5. The van der Waals surface area contributed by atoms with Gasteiger partial charge in [0.05, 0.1) is 0 Å². The van der Waals surface area contributed by atoms with Gasteiger partial charge in [-0.25, -0.2) is 0 Å². The van der Waals surface area contributed by atoms with Crippen molar-refractivity contribution in [3.05, 3.63) is 35.4 Å². The quantitative estimate of drug-likeness (QED) is 0.502. The van der Waals surface area contributed by atoms with E-state index in [1.165, 1.54) is 0 Å². The van der Waals surface area contributed by atoms with E-state index in [0.29, 0.717) is 5.56 Å². The molecule has 0 N–H and O–H groups in total. The van der Waals surface area contributed by atoms with E-state index in [2.05, 4.69) is 0 Å². The molecular weight excluding hydrogens is 389 g/mol. The Bertz CT molecular complexity index is 633. The van der Waals surface area contributed by atoms with Gasteiger partial charge in [-0.3, -0.25) is 0 Å². The van der Waals surface area contributed by atoms with E-state index < -0.39 is 40.8 Å². The molecule has 0 aliphatic rings. The molecule has 0 saturated heterocycles. The fraction of sp³-hybridized carbons (Fsp3) is 0.600. The normalized spacial score (nSPS) is 15.3. The molecule has 0 aliphatic heterocycles. The van der Waals surface area contributed by atoms with Gasteiger partial charge in [-0.1, -0.05) is 45.0 Å². The molecule has 0 aliphatic carbocycles. The predicted octanol–water partition coefficient (Wildman–Crippen LogP) is 6.54. The molecule has 0 aromatic heterocycles. The molecule has 150 valence electrons. The van der Waals surface area contributed by atoms with Gasteiger partial charge in [0, 0.05) is 5.56 Å². The average molecular weight is 402 g/mol. The van der Waals surface area contributed by atoms with E-state index in [-0.39, 0.29) is 12.1 Å². The Hall–Kier alpha value is -1.55. The van der Waals surface area contributed by atoms with Crippen LogP contribution < -0.4 is 0 Å². The molecular formula is C15H13F11. The van der Waals surface area contributed by atoms with Gasteiger partial charge in [0.1, 0.15) is 0 Å². The summed E-state index contributed by atoms with van der Waals surface area (Å²) in [4.78, 5) is 0. The Morgan fingerprint density at radius 2 is 0.846 bits per heavy atom. The Balaban J connectivity index is 3.45. The Kier molecular flexibility index (Phi) is 5.17. The molecule has 0 radical (unpaired) electrons. The van der Waals surface area contributed by atoms with Crippen LogP contribution >= 0.6 is 0 Å². The summed E-state index contributed by atoms with van der Waals surface area (Å²) in [6.45, 7) is 4.81. The monoisotopic (exact) mass is 402 g/mol. The maximum atomic E-state index is 13.8. The van der Waals surface area contributed by atoms with Crippen LogP contribution in [0.1, 0.15) is 31.9 Å². The number of halogens is 11. The van der Waals surface area contributed by atoms with E-state index in [0.717, 1.165) is 12.1 Å². The molecule has 0 amide bonds. The van der Waals surface area contributed by atoms with Crippen molar-refractivity contribution in [3.8, 4) is 0 Å². The van der Waals surface area contributed by atoms with Gasteiger partial charge in [-0.2, -0.15) is 48.3 Å². The molecule has 0 heterocycles. The number of hydrogen-bond donors (Lipinski definition) is 0. The zero-order chi connectivity index (χ0) is 21.0. The Labute approximate surface area is 141 Å². The summed E-state index contributed by atoms with van der Waals surface area (Å²) < 4.78 is 143. The van der Waals surface area contributed by atoms with Crippen LogP contribution in [0.3, 0.4) is 0 Å². The summed E-state index contributed by atoms with van der Waals surface area (Å²) in [5.41, 5.74) is -2.16. The first-order valence-corrected chi connectivity index (χ1v) is 6.90. The first kappa shape index (κ1) is 22.5. The second-order valence-corrected chi connectivity index (χ2v) is 6.62. The van der Waals surface area contributed by atoms with E-state index in [1.54, 1.807) is 20.8 Å². The molecule has 26 heavy (non-hydrogen) atoms. The highest BCUT2D eigenvalue weighted by Crippen LogP contribution is 2.59. The van der Waals surface area contributed by atoms with Crippen LogP contribution in [-0.2, 0) is 11.3 Å². The molecule has 0 saturated carbocycles. The van der Waals surface area contributed by atoms with Gasteiger partial charge in [0.2, 0.25) is 0 Å². The summed E-state index contributed by atoms with van der Waals surface area (Å²) in [5, 5.41) is 0. The van der Waals surface area contributed by atoms with Crippen molar-refractivity contribution in [2.24, 2.45) is 0 Å². The standard InChI is InChI=1S/C15H13F11/c1-10(2,3)8-4-6-9(7-5-8)11(16,17)12(18,19)13(20,21)14(22,23)15(24,25)26/h4-7H,1-3H3. The van der Waals surface area contributed by atoms with E-state index in [4.69, 9.17) is 0 Å². The van der Waals surface area contributed by atoms with Crippen molar-refractivity contribution in [2.75, 3.05) is 0 Å². The largest absolute Gasteiger partial charge is 0.460 e. The van der Waals surface area contributed by atoms with Crippen molar-refractivity contribution >= 4 is 0 Å². The smallest absolute Gasteiger partial charge is 0.194 e. The lowest BCUT2D eigenvalue weighted by molar-refractivity contribution is -0.424. The molecule has 0 spiro atoms. The number of rotatable bonds is 4. The second-order valence-electron chi connectivity index (χ2n) is 6.62. The molecule has 0 unspecified atom stereocenters. The summed E-state index contributed by atoms with van der Waals surface area (Å²) in [7, 11) is 0. The molecule has 0 nitrogen and oxygen atoms in total. The lowest BCUT2D eigenvalue weighted by Crippen LogP contribution is -2.65. The third-order valence-electron chi connectivity index (χ3n) is 3.65. The van der Waals surface area contributed by atoms with Crippen molar-refractivity contribution in [1.82, 2.24) is 0 Å². The van der Waals surface area contributed by atoms with Crippen LogP contribution in [0.4, 0.5) is 48.3 Å². The van der Waals surface area contributed by atoms with Gasteiger partial charge < -0.3 is 0 Å². The molecule has 1 rings (SSSR count). The highest BCUT2D eigenvalue weighted by Gasteiger charge is 2.87. The van der Waals surface area contributed by atoms with E-state index in [1.807, 2.05) is 0 Å². The number of alkyl halides is 11. The van der Waals surface area contributed by atoms with Crippen LogP contribution in [0.5, 0.6) is 0 Å². The predicted molar refractivity (Wildman–Crippen MR) is 69.9 cm³/mol. The average Bonchev–Trinajstić information content (AvgIpc) is 2.44. The van der Waals surface area contributed by atoms with Gasteiger partial charge in [0.15, 0.2) is 0 Å². The lowest BCUT2D eigenvalue weighted by atomic mass is 9.85.